The van der Waals surface area contributed by atoms with E-state index in [9.17, 15) is 0 Å². The van der Waals surface area contributed by atoms with Crippen molar-refractivity contribution in [3.05, 3.63) is 90.0 Å². The van der Waals surface area contributed by atoms with E-state index in [4.69, 9.17) is 9.47 Å². The van der Waals surface area contributed by atoms with Crippen LogP contribution in [0.4, 0.5) is 0 Å². The fourth-order valence-corrected chi connectivity index (χ4v) is 3.03. The zero-order valence-electron chi connectivity index (χ0n) is 17.1. The summed E-state index contributed by atoms with van der Waals surface area (Å²) in [6.45, 7) is 3.99. The normalized spacial score (nSPS) is 10.4. The Bertz CT molecular complexity index is 1070. The molecular formula is C23H24ClN5O2. The Hall–Kier alpha value is -3.42. The second kappa shape index (κ2) is 11.1. The number of para-hydroxylation sites is 1. The standard InChI is InChI=1S/C23H23N5O2.ClH/c1-2-29-22-15-19(17-24-16-18-9-5-3-6-10-18)13-14-21(22)30-23-25-26-27-28(23)20-11-7-4-8-12-20;/h3-15,24H,2,16-17H2,1H3;1H. The fourth-order valence-electron chi connectivity index (χ4n) is 3.03. The quantitative estimate of drug-likeness (QED) is 0.413. The molecule has 0 saturated heterocycles. The van der Waals surface area contributed by atoms with Crippen LogP contribution in [-0.2, 0) is 13.1 Å². The van der Waals surface area contributed by atoms with Gasteiger partial charge in [-0.25, -0.2) is 0 Å². The first-order chi connectivity index (χ1) is 14.8. The highest BCUT2D eigenvalue weighted by Gasteiger charge is 2.14. The van der Waals surface area contributed by atoms with Crippen LogP contribution in [0.5, 0.6) is 17.5 Å². The van der Waals surface area contributed by atoms with Gasteiger partial charge in [-0.2, -0.15) is 4.68 Å². The minimum Gasteiger partial charge on any atom is -0.490 e. The summed E-state index contributed by atoms with van der Waals surface area (Å²) < 4.78 is 13.4. The summed E-state index contributed by atoms with van der Waals surface area (Å²) >= 11 is 0. The number of aromatic nitrogens is 4. The van der Waals surface area contributed by atoms with E-state index < -0.39 is 0 Å². The van der Waals surface area contributed by atoms with Gasteiger partial charge >= 0.3 is 6.01 Å². The van der Waals surface area contributed by atoms with Crippen LogP contribution in [0.1, 0.15) is 18.1 Å². The van der Waals surface area contributed by atoms with Crippen LogP contribution in [0.3, 0.4) is 0 Å². The number of nitrogens with one attached hydrogen (secondary N) is 1. The number of hydrogen-bond donors (Lipinski definition) is 1. The van der Waals surface area contributed by atoms with Crippen LogP contribution in [0.2, 0.25) is 0 Å². The van der Waals surface area contributed by atoms with Gasteiger partial charge in [0.1, 0.15) is 0 Å². The Balaban J connectivity index is 0.00000272. The molecule has 31 heavy (non-hydrogen) atoms. The first-order valence-electron chi connectivity index (χ1n) is 9.85. The number of halogens is 1. The van der Waals surface area contributed by atoms with E-state index in [1.807, 2.05) is 73.7 Å². The second-order valence-electron chi connectivity index (χ2n) is 6.61. The van der Waals surface area contributed by atoms with Crippen molar-refractivity contribution in [1.29, 1.82) is 0 Å². The van der Waals surface area contributed by atoms with Gasteiger partial charge in [-0.15, -0.1) is 12.4 Å². The van der Waals surface area contributed by atoms with Crippen LogP contribution in [-0.4, -0.2) is 26.8 Å². The molecule has 8 heteroatoms. The Morgan fingerprint density at radius 3 is 2.29 bits per heavy atom. The maximum absolute atomic E-state index is 6.00. The minimum absolute atomic E-state index is 0. The summed E-state index contributed by atoms with van der Waals surface area (Å²) in [5.41, 5.74) is 3.16. The maximum Gasteiger partial charge on any atom is 0.346 e. The van der Waals surface area contributed by atoms with E-state index in [1.54, 1.807) is 4.68 Å². The first kappa shape index (κ1) is 22.3. The Morgan fingerprint density at radius 2 is 1.55 bits per heavy atom. The lowest BCUT2D eigenvalue weighted by Crippen LogP contribution is -2.12. The minimum atomic E-state index is 0. The van der Waals surface area contributed by atoms with Crippen molar-refractivity contribution in [1.82, 2.24) is 25.5 Å². The van der Waals surface area contributed by atoms with Crippen molar-refractivity contribution in [3.63, 3.8) is 0 Å². The number of ether oxygens (including phenoxy) is 2. The third-order valence-electron chi connectivity index (χ3n) is 4.45. The smallest absolute Gasteiger partial charge is 0.346 e. The highest BCUT2D eigenvalue weighted by atomic mass is 35.5. The molecule has 1 N–H and O–H groups in total. The fraction of sp³-hybridized carbons (Fsp3) is 0.174. The van der Waals surface area contributed by atoms with Gasteiger partial charge in [0.25, 0.3) is 0 Å². The second-order valence-corrected chi connectivity index (χ2v) is 6.61. The molecule has 3 aromatic carbocycles. The molecule has 1 heterocycles. The van der Waals surface area contributed by atoms with Crippen LogP contribution < -0.4 is 14.8 Å². The van der Waals surface area contributed by atoms with Gasteiger partial charge in [-0.05, 0) is 52.7 Å². The van der Waals surface area contributed by atoms with Crippen LogP contribution in [0.25, 0.3) is 5.69 Å². The average molecular weight is 438 g/mol. The monoisotopic (exact) mass is 437 g/mol. The third-order valence-corrected chi connectivity index (χ3v) is 4.45. The van der Waals surface area contributed by atoms with Crippen molar-refractivity contribution >= 4 is 12.4 Å². The summed E-state index contributed by atoms with van der Waals surface area (Å²) in [5.74, 6) is 1.22. The maximum atomic E-state index is 6.00. The molecule has 0 aliphatic carbocycles. The van der Waals surface area contributed by atoms with Gasteiger partial charge in [-0.3, -0.25) is 0 Å². The van der Waals surface area contributed by atoms with Crippen molar-refractivity contribution in [2.45, 2.75) is 20.0 Å². The third kappa shape index (κ3) is 5.81. The lowest BCUT2D eigenvalue weighted by Gasteiger charge is -2.13. The topological polar surface area (TPSA) is 74.1 Å². The van der Waals surface area contributed by atoms with E-state index in [2.05, 4.69) is 33.0 Å². The zero-order chi connectivity index (χ0) is 20.6. The van der Waals surface area contributed by atoms with E-state index >= 15 is 0 Å². The molecule has 0 spiro atoms. The van der Waals surface area contributed by atoms with Gasteiger partial charge in [0.15, 0.2) is 11.5 Å². The lowest BCUT2D eigenvalue weighted by molar-refractivity contribution is 0.315. The molecule has 4 rings (SSSR count). The summed E-state index contributed by atoms with van der Waals surface area (Å²) in [6, 6.07) is 26.1. The highest BCUT2D eigenvalue weighted by Crippen LogP contribution is 2.32. The molecule has 0 atom stereocenters. The van der Waals surface area contributed by atoms with E-state index in [-0.39, 0.29) is 18.4 Å². The van der Waals surface area contributed by atoms with E-state index in [0.717, 1.165) is 24.3 Å². The van der Waals surface area contributed by atoms with Crippen LogP contribution in [0, 0.1) is 0 Å². The largest absolute Gasteiger partial charge is 0.490 e. The molecule has 160 valence electrons. The molecule has 0 bridgehead atoms. The molecule has 0 saturated carbocycles. The molecular weight excluding hydrogens is 414 g/mol. The van der Waals surface area contributed by atoms with E-state index in [1.165, 1.54) is 5.56 Å². The molecule has 0 radical (unpaired) electrons. The number of rotatable bonds is 9. The summed E-state index contributed by atoms with van der Waals surface area (Å²) in [4.78, 5) is 0. The first-order valence-corrected chi connectivity index (χ1v) is 9.85. The zero-order valence-corrected chi connectivity index (χ0v) is 18.0. The molecule has 7 nitrogen and oxygen atoms in total. The lowest BCUT2D eigenvalue weighted by atomic mass is 10.2. The van der Waals surface area contributed by atoms with Crippen molar-refractivity contribution in [3.8, 4) is 23.2 Å². The van der Waals surface area contributed by atoms with E-state index in [0.29, 0.717) is 18.1 Å². The van der Waals surface area contributed by atoms with Crippen LogP contribution in [0.15, 0.2) is 78.9 Å². The number of benzene rings is 3. The summed E-state index contributed by atoms with van der Waals surface area (Å²) in [5, 5.41) is 15.2. The molecule has 1 aromatic heterocycles. The molecule has 0 aliphatic rings. The predicted octanol–water partition coefficient (Wildman–Crippen LogP) is 4.56. The number of hydrogen-bond acceptors (Lipinski definition) is 6. The molecule has 4 aromatic rings. The van der Waals surface area contributed by atoms with Gasteiger partial charge in [-0.1, -0.05) is 59.7 Å². The molecule has 0 unspecified atom stereocenters. The summed E-state index contributed by atoms with van der Waals surface area (Å²) in [6.07, 6.45) is 0. The predicted molar refractivity (Wildman–Crippen MR) is 121 cm³/mol. The van der Waals surface area contributed by atoms with Gasteiger partial charge < -0.3 is 14.8 Å². The van der Waals surface area contributed by atoms with Gasteiger partial charge in [0.2, 0.25) is 0 Å². The van der Waals surface area contributed by atoms with Gasteiger partial charge in [0.05, 0.1) is 12.3 Å². The summed E-state index contributed by atoms with van der Waals surface area (Å²) in [7, 11) is 0. The van der Waals surface area contributed by atoms with Gasteiger partial charge in [0, 0.05) is 13.1 Å². The SMILES string of the molecule is CCOc1cc(CNCc2ccccc2)ccc1Oc1nnnn1-c1ccccc1.Cl. The molecule has 0 amide bonds. The number of nitrogens with zero attached hydrogens (tertiary/aromatic N) is 4. The Morgan fingerprint density at radius 1 is 0.839 bits per heavy atom. The Kier molecular flexibility index (Phi) is 7.98. The number of tetrazole rings is 1. The Labute approximate surface area is 187 Å². The highest BCUT2D eigenvalue weighted by molar-refractivity contribution is 5.85. The van der Waals surface area contributed by atoms with Crippen molar-refractivity contribution < 1.29 is 9.47 Å². The molecule has 0 fully saturated rings. The van der Waals surface area contributed by atoms with Crippen LogP contribution >= 0.6 is 12.4 Å². The molecule has 0 aliphatic heterocycles. The van der Waals surface area contributed by atoms with Crippen molar-refractivity contribution in [2.24, 2.45) is 0 Å². The van der Waals surface area contributed by atoms with Crippen molar-refractivity contribution in [2.75, 3.05) is 6.61 Å². The average Bonchev–Trinajstić information content (AvgIpc) is 3.25.